The zero-order valence-corrected chi connectivity index (χ0v) is 10.6. The Balaban J connectivity index is 1.80. The first kappa shape index (κ1) is 12.1. The van der Waals surface area contributed by atoms with Crippen molar-refractivity contribution in [2.75, 3.05) is 6.54 Å². The van der Waals surface area contributed by atoms with E-state index in [2.05, 4.69) is 15.7 Å². The third-order valence-corrected chi connectivity index (χ3v) is 3.31. The summed E-state index contributed by atoms with van der Waals surface area (Å²) < 4.78 is 0. The number of rotatable bonds is 5. The van der Waals surface area contributed by atoms with Crippen molar-refractivity contribution in [3.8, 4) is 5.75 Å². The quantitative estimate of drug-likeness (QED) is 0.799. The van der Waals surface area contributed by atoms with Gasteiger partial charge in [-0.2, -0.15) is 0 Å². The smallest absolute Gasteiger partial charge is 0.122 e. The minimum absolute atomic E-state index is 0.397. The number of nitrogens with zero attached hydrogens (tertiary/aromatic N) is 1. The lowest BCUT2D eigenvalue weighted by atomic mass is 10.1. The molecule has 17 heavy (non-hydrogen) atoms. The largest absolute Gasteiger partial charge is 0.507 e. The number of benzene rings is 1. The van der Waals surface area contributed by atoms with Gasteiger partial charge in [0.25, 0.3) is 0 Å². The molecule has 2 N–H and O–H groups in total. The van der Waals surface area contributed by atoms with E-state index in [0.717, 1.165) is 29.8 Å². The van der Waals surface area contributed by atoms with Crippen molar-refractivity contribution in [2.24, 2.45) is 0 Å². The standard InChI is InChI=1S/C13H16N2OS/c1-10-3-2-4-11(13(10)16)7-14-6-5-12-8-17-9-15-12/h2-4,8-9,14,16H,5-7H2,1H3. The van der Waals surface area contributed by atoms with Crippen LogP contribution in [0.5, 0.6) is 5.75 Å². The molecule has 0 aliphatic carbocycles. The Hall–Kier alpha value is -1.39. The number of aromatic hydroxyl groups is 1. The van der Waals surface area contributed by atoms with Gasteiger partial charge in [-0.05, 0) is 12.5 Å². The minimum Gasteiger partial charge on any atom is -0.507 e. The van der Waals surface area contributed by atoms with E-state index in [1.165, 1.54) is 0 Å². The second-order valence-corrected chi connectivity index (χ2v) is 4.71. The van der Waals surface area contributed by atoms with Crippen molar-refractivity contribution in [3.05, 3.63) is 45.9 Å². The lowest BCUT2D eigenvalue weighted by molar-refractivity contribution is 0.460. The summed E-state index contributed by atoms with van der Waals surface area (Å²) >= 11 is 1.62. The van der Waals surface area contributed by atoms with Crippen LogP contribution in [0.15, 0.2) is 29.1 Å². The molecule has 1 heterocycles. The topological polar surface area (TPSA) is 45.2 Å². The molecular formula is C13H16N2OS. The molecule has 0 spiro atoms. The summed E-state index contributed by atoms with van der Waals surface area (Å²) in [5.74, 6) is 0.397. The van der Waals surface area contributed by atoms with Gasteiger partial charge < -0.3 is 10.4 Å². The van der Waals surface area contributed by atoms with Gasteiger partial charge in [-0.1, -0.05) is 18.2 Å². The minimum atomic E-state index is 0.397. The highest BCUT2D eigenvalue weighted by Gasteiger charge is 2.02. The summed E-state index contributed by atoms with van der Waals surface area (Å²) in [5, 5.41) is 15.2. The number of phenols is 1. The highest BCUT2D eigenvalue weighted by atomic mass is 32.1. The number of aryl methyl sites for hydroxylation is 1. The summed E-state index contributed by atoms with van der Waals surface area (Å²) in [7, 11) is 0. The van der Waals surface area contributed by atoms with Crippen molar-refractivity contribution in [2.45, 2.75) is 19.9 Å². The number of aromatic nitrogens is 1. The van der Waals surface area contributed by atoms with Crippen molar-refractivity contribution in [3.63, 3.8) is 0 Å². The highest BCUT2D eigenvalue weighted by molar-refractivity contribution is 7.07. The molecule has 0 radical (unpaired) electrons. The Morgan fingerprint density at radius 1 is 1.41 bits per heavy atom. The molecule has 0 unspecified atom stereocenters. The molecule has 0 saturated heterocycles. The van der Waals surface area contributed by atoms with Crippen molar-refractivity contribution in [1.29, 1.82) is 0 Å². The van der Waals surface area contributed by atoms with Gasteiger partial charge >= 0.3 is 0 Å². The summed E-state index contributed by atoms with van der Waals surface area (Å²) in [6, 6.07) is 5.82. The van der Waals surface area contributed by atoms with Gasteiger partial charge in [0.15, 0.2) is 0 Å². The first-order valence-electron chi connectivity index (χ1n) is 5.62. The van der Waals surface area contributed by atoms with Crippen LogP contribution in [0.3, 0.4) is 0 Å². The summed E-state index contributed by atoms with van der Waals surface area (Å²) in [6.07, 6.45) is 0.927. The number of para-hydroxylation sites is 1. The molecule has 0 fully saturated rings. The highest BCUT2D eigenvalue weighted by Crippen LogP contribution is 2.20. The van der Waals surface area contributed by atoms with E-state index in [-0.39, 0.29) is 0 Å². The Labute approximate surface area is 105 Å². The SMILES string of the molecule is Cc1cccc(CNCCc2cscn2)c1O. The van der Waals surface area contributed by atoms with E-state index in [1.807, 2.05) is 30.6 Å². The molecule has 0 atom stereocenters. The maximum Gasteiger partial charge on any atom is 0.122 e. The molecule has 0 bridgehead atoms. The zero-order chi connectivity index (χ0) is 12.1. The van der Waals surface area contributed by atoms with Gasteiger partial charge in [-0.3, -0.25) is 0 Å². The molecule has 1 aromatic heterocycles. The first-order valence-corrected chi connectivity index (χ1v) is 6.57. The van der Waals surface area contributed by atoms with Gasteiger partial charge in [-0.15, -0.1) is 11.3 Å². The van der Waals surface area contributed by atoms with Crippen LogP contribution < -0.4 is 5.32 Å². The van der Waals surface area contributed by atoms with Crippen LogP contribution in [-0.4, -0.2) is 16.6 Å². The third-order valence-electron chi connectivity index (χ3n) is 2.68. The molecule has 4 heteroatoms. The molecule has 1 aromatic carbocycles. The Morgan fingerprint density at radius 2 is 2.29 bits per heavy atom. The summed E-state index contributed by atoms with van der Waals surface area (Å²) in [5.41, 5.74) is 4.84. The fourth-order valence-electron chi connectivity index (χ4n) is 1.66. The Bertz CT molecular complexity index is 468. The molecule has 0 amide bonds. The van der Waals surface area contributed by atoms with Crippen LogP contribution in [0.2, 0.25) is 0 Å². The monoisotopic (exact) mass is 248 g/mol. The number of nitrogens with one attached hydrogen (secondary N) is 1. The first-order chi connectivity index (χ1) is 8.27. The third kappa shape index (κ3) is 3.28. The fourth-order valence-corrected chi connectivity index (χ4v) is 2.26. The molecule has 3 nitrogen and oxygen atoms in total. The van der Waals surface area contributed by atoms with E-state index < -0.39 is 0 Å². The van der Waals surface area contributed by atoms with Crippen LogP contribution in [0.4, 0.5) is 0 Å². The van der Waals surface area contributed by atoms with Gasteiger partial charge in [-0.25, -0.2) is 4.98 Å². The lowest BCUT2D eigenvalue weighted by Gasteiger charge is -2.07. The lowest BCUT2D eigenvalue weighted by Crippen LogP contribution is -2.16. The van der Waals surface area contributed by atoms with Crippen LogP contribution in [0, 0.1) is 6.92 Å². The molecule has 0 saturated carbocycles. The predicted molar refractivity (Wildman–Crippen MR) is 70.4 cm³/mol. The predicted octanol–water partition coefficient (Wildman–Crippen LogP) is 2.49. The van der Waals surface area contributed by atoms with Crippen LogP contribution >= 0.6 is 11.3 Å². The van der Waals surface area contributed by atoms with Gasteiger partial charge in [0.1, 0.15) is 5.75 Å². The average molecular weight is 248 g/mol. The molecular weight excluding hydrogens is 232 g/mol. The van der Waals surface area contributed by atoms with Crippen LogP contribution in [0.25, 0.3) is 0 Å². The van der Waals surface area contributed by atoms with E-state index in [9.17, 15) is 5.11 Å². The maximum atomic E-state index is 9.83. The summed E-state index contributed by atoms with van der Waals surface area (Å²) in [6.45, 7) is 3.48. The van der Waals surface area contributed by atoms with E-state index in [0.29, 0.717) is 12.3 Å². The second-order valence-electron chi connectivity index (χ2n) is 3.99. The molecule has 90 valence electrons. The van der Waals surface area contributed by atoms with E-state index in [1.54, 1.807) is 11.3 Å². The van der Waals surface area contributed by atoms with E-state index in [4.69, 9.17) is 0 Å². The molecule has 0 aliphatic rings. The average Bonchev–Trinajstić information content (AvgIpc) is 2.83. The van der Waals surface area contributed by atoms with Crippen molar-refractivity contribution >= 4 is 11.3 Å². The van der Waals surface area contributed by atoms with Crippen molar-refractivity contribution in [1.82, 2.24) is 10.3 Å². The normalized spacial score (nSPS) is 10.6. The van der Waals surface area contributed by atoms with Gasteiger partial charge in [0.2, 0.25) is 0 Å². The van der Waals surface area contributed by atoms with Crippen LogP contribution in [0.1, 0.15) is 16.8 Å². The molecule has 0 aliphatic heterocycles. The Morgan fingerprint density at radius 3 is 3.06 bits per heavy atom. The second kappa shape index (κ2) is 5.80. The van der Waals surface area contributed by atoms with Crippen LogP contribution in [-0.2, 0) is 13.0 Å². The Kier molecular flexibility index (Phi) is 4.12. The number of thiazole rings is 1. The number of hydrogen-bond donors (Lipinski definition) is 2. The van der Waals surface area contributed by atoms with Gasteiger partial charge in [0.05, 0.1) is 11.2 Å². The fraction of sp³-hybridized carbons (Fsp3) is 0.308. The molecule has 2 rings (SSSR count). The molecule has 2 aromatic rings. The zero-order valence-electron chi connectivity index (χ0n) is 9.81. The maximum absolute atomic E-state index is 9.83. The van der Waals surface area contributed by atoms with Gasteiger partial charge in [0, 0.05) is 30.5 Å². The van der Waals surface area contributed by atoms with E-state index >= 15 is 0 Å². The number of hydrogen-bond acceptors (Lipinski definition) is 4. The number of phenolic OH excluding ortho intramolecular Hbond substituents is 1. The van der Waals surface area contributed by atoms with Crippen molar-refractivity contribution < 1.29 is 5.11 Å². The summed E-state index contributed by atoms with van der Waals surface area (Å²) in [4.78, 5) is 4.22.